The molecule has 2 aliphatic rings. The van der Waals surface area contributed by atoms with Crippen LogP contribution in [0.3, 0.4) is 0 Å². The quantitative estimate of drug-likeness (QED) is 0.456. The van der Waals surface area contributed by atoms with E-state index < -0.39 is 11.8 Å². The molecule has 0 aliphatic heterocycles. The van der Waals surface area contributed by atoms with Crippen LogP contribution >= 0.6 is 0 Å². The number of ether oxygens (including phenoxy) is 1. The molecule has 1 saturated carbocycles. The van der Waals surface area contributed by atoms with E-state index in [-0.39, 0.29) is 11.3 Å². The van der Waals surface area contributed by atoms with Crippen LogP contribution in [0.25, 0.3) is 11.1 Å². The van der Waals surface area contributed by atoms with Crippen molar-refractivity contribution >= 4 is 5.97 Å². The van der Waals surface area contributed by atoms with Crippen molar-refractivity contribution in [3.8, 4) is 28.7 Å². The zero-order chi connectivity index (χ0) is 20.8. The number of halogens is 1. The molecular weight excluding hydrogens is 381 g/mol. The lowest BCUT2D eigenvalue weighted by molar-refractivity contribution is 0.0732. The molecule has 3 aromatic carbocycles. The van der Waals surface area contributed by atoms with Crippen molar-refractivity contribution in [1.82, 2.24) is 0 Å². The smallest absolute Gasteiger partial charge is 0.343 e. The Balaban J connectivity index is 1.56. The molecule has 148 valence electrons. The first-order valence-electron chi connectivity index (χ1n) is 9.93. The Morgan fingerprint density at radius 2 is 1.77 bits per heavy atom. The summed E-state index contributed by atoms with van der Waals surface area (Å²) in [5, 5.41) is 18.4. The number of phenolic OH excluding ortho intramolecular Hbond substituents is 1. The number of phenols is 1. The molecule has 4 nitrogen and oxygen atoms in total. The van der Waals surface area contributed by atoms with E-state index in [0.717, 1.165) is 41.5 Å². The van der Waals surface area contributed by atoms with Crippen molar-refractivity contribution < 1.29 is 19.0 Å². The zero-order valence-electron chi connectivity index (χ0n) is 16.1. The van der Waals surface area contributed by atoms with Gasteiger partial charge in [0.25, 0.3) is 0 Å². The van der Waals surface area contributed by atoms with Crippen LogP contribution in [0.5, 0.6) is 11.5 Å². The predicted molar refractivity (Wildman–Crippen MR) is 109 cm³/mol. The van der Waals surface area contributed by atoms with E-state index in [1.165, 1.54) is 36.4 Å². The van der Waals surface area contributed by atoms with Gasteiger partial charge in [0.1, 0.15) is 23.4 Å². The van der Waals surface area contributed by atoms with Crippen molar-refractivity contribution in [3.05, 3.63) is 82.7 Å². The largest absolute Gasteiger partial charge is 0.508 e. The molecule has 2 atom stereocenters. The summed E-state index contributed by atoms with van der Waals surface area (Å²) in [6.45, 7) is 0. The van der Waals surface area contributed by atoms with E-state index in [0.29, 0.717) is 23.1 Å². The van der Waals surface area contributed by atoms with Gasteiger partial charge in [0.2, 0.25) is 0 Å². The van der Waals surface area contributed by atoms with Gasteiger partial charge in [-0.25, -0.2) is 9.18 Å². The van der Waals surface area contributed by atoms with Gasteiger partial charge in [-0.2, -0.15) is 5.26 Å². The number of hydrogen-bond donors (Lipinski definition) is 1. The van der Waals surface area contributed by atoms with Gasteiger partial charge in [-0.3, -0.25) is 0 Å². The van der Waals surface area contributed by atoms with Crippen LogP contribution in [-0.4, -0.2) is 11.1 Å². The third-order valence-corrected chi connectivity index (χ3v) is 6.20. The van der Waals surface area contributed by atoms with Crippen LogP contribution in [0.15, 0.2) is 54.6 Å². The lowest BCUT2D eigenvalue weighted by Crippen LogP contribution is -2.12. The number of esters is 1. The second kappa shape index (κ2) is 7.00. The van der Waals surface area contributed by atoms with Gasteiger partial charge < -0.3 is 9.84 Å². The Morgan fingerprint density at radius 3 is 2.47 bits per heavy atom. The molecule has 0 saturated heterocycles. The molecule has 5 rings (SSSR count). The first-order valence-corrected chi connectivity index (χ1v) is 9.93. The molecule has 30 heavy (non-hydrogen) atoms. The van der Waals surface area contributed by atoms with Crippen LogP contribution in [0.1, 0.15) is 58.1 Å². The van der Waals surface area contributed by atoms with E-state index >= 15 is 0 Å². The summed E-state index contributed by atoms with van der Waals surface area (Å²) in [5.41, 5.74) is 4.23. The molecule has 2 unspecified atom stereocenters. The maximum Gasteiger partial charge on any atom is 0.343 e. The average molecular weight is 399 g/mol. The Labute approximate surface area is 173 Å². The molecular formula is C25H18FNO3. The number of benzene rings is 3. The van der Waals surface area contributed by atoms with E-state index in [2.05, 4.69) is 0 Å². The van der Waals surface area contributed by atoms with E-state index in [4.69, 9.17) is 10.00 Å². The number of carbonyl (C=O) groups excluding carboxylic acids is 1. The minimum Gasteiger partial charge on any atom is -0.508 e. The predicted octanol–water partition coefficient (Wildman–Crippen LogP) is 5.65. The summed E-state index contributed by atoms with van der Waals surface area (Å²) in [6.07, 6.45) is 3.13. The minimum atomic E-state index is -0.533. The number of carbonyl (C=O) groups is 1. The Morgan fingerprint density at radius 1 is 1.03 bits per heavy atom. The average Bonchev–Trinajstić information content (AvgIpc) is 3.37. The van der Waals surface area contributed by atoms with Crippen LogP contribution in [0.4, 0.5) is 4.39 Å². The summed E-state index contributed by atoms with van der Waals surface area (Å²) in [6, 6.07) is 16.1. The number of aromatic hydroxyl groups is 1. The monoisotopic (exact) mass is 399 g/mol. The molecule has 1 fully saturated rings. The highest BCUT2D eigenvalue weighted by Crippen LogP contribution is 2.58. The second-order valence-electron chi connectivity index (χ2n) is 7.89. The normalized spacial score (nSPS) is 18.7. The standard InChI is InChI=1S/C25H18FNO3/c26-21-12-15(1-4-18(21)13-27)20-9-10-22(24-17-3-2-16(11-17)23(20)24)30-25(29)14-5-7-19(28)8-6-14/h1,4-10,12,16-17,28H,2-3,11H2. The summed E-state index contributed by atoms with van der Waals surface area (Å²) in [4.78, 5) is 12.6. The Bertz CT molecular complexity index is 1210. The maximum absolute atomic E-state index is 14.2. The topological polar surface area (TPSA) is 70.3 Å². The fraction of sp³-hybridized carbons (Fsp3) is 0.200. The molecule has 0 aromatic heterocycles. The van der Waals surface area contributed by atoms with E-state index in [1.807, 2.05) is 12.1 Å². The number of nitriles is 1. The van der Waals surface area contributed by atoms with Gasteiger partial charge in [0.05, 0.1) is 11.1 Å². The van der Waals surface area contributed by atoms with Crippen molar-refractivity contribution in [2.45, 2.75) is 31.1 Å². The summed E-state index contributed by atoms with van der Waals surface area (Å²) >= 11 is 0. The van der Waals surface area contributed by atoms with Crippen LogP contribution in [0, 0.1) is 17.1 Å². The van der Waals surface area contributed by atoms with Gasteiger partial charge in [-0.05, 0) is 90.3 Å². The molecule has 5 heteroatoms. The summed E-state index contributed by atoms with van der Waals surface area (Å²) in [5.74, 6) is 0.325. The van der Waals surface area contributed by atoms with Gasteiger partial charge in [0.15, 0.2) is 0 Å². The maximum atomic E-state index is 14.2. The highest BCUT2D eigenvalue weighted by Gasteiger charge is 2.41. The van der Waals surface area contributed by atoms with Gasteiger partial charge in [0, 0.05) is 5.56 Å². The number of nitrogens with zero attached hydrogens (tertiary/aromatic N) is 1. The molecule has 0 heterocycles. The first kappa shape index (κ1) is 18.4. The molecule has 2 bridgehead atoms. The van der Waals surface area contributed by atoms with Crippen LogP contribution in [0.2, 0.25) is 0 Å². The van der Waals surface area contributed by atoms with Crippen molar-refractivity contribution in [1.29, 1.82) is 5.26 Å². The van der Waals surface area contributed by atoms with Gasteiger partial charge in [-0.15, -0.1) is 0 Å². The second-order valence-corrected chi connectivity index (χ2v) is 7.89. The van der Waals surface area contributed by atoms with Crippen molar-refractivity contribution in [3.63, 3.8) is 0 Å². The van der Waals surface area contributed by atoms with Crippen molar-refractivity contribution in [2.24, 2.45) is 0 Å². The van der Waals surface area contributed by atoms with Crippen LogP contribution in [-0.2, 0) is 0 Å². The molecule has 0 radical (unpaired) electrons. The molecule has 0 amide bonds. The lowest BCUT2D eigenvalue weighted by atomic mass is 9.85. The molecule has 2 aliphatic carbocycles. The summed E-state index contributed by atoms with van der Waals surface area (Å²) < 4.78 is 20.0. The minimum absolute atomic E-state index is 0.0244. The number of hydrogen-bond acceptors (Lipinski definition) is 4. The fourth-order valence-corrected chi connectivity index (χ4v) is 4.85. The number of fused-ring (bicyclic) bond motifs is 5. The Hall–Kier alpha value is -3.65. The fourth-order valence-electron chi connectivity index (χ4n) is 4.85. The van der Waals surface area contributed by atoms with E-state index in [9.17, 15) is 14.3 Å². The van der Waals surface area contributed by atoms with Crippen molar-refractivity contribution in [2.75, 3.05) is 0 Å². The third-order valence-electron chi connectivity index (χ3n) is 6.20. The number of rotatable bonds is 3. The van der Waals surface area contributed by atoms with Crippen LogP contribution < -0.4 is 4.74 Å². The van der Waals surface area contributed by atoms with Gasteiger partial charge in [-0.1, -0.05) is 12.1 Å². The lowest BCUT2D eigenvalue weighted by Gasteiger charge is -2.22. The summed E-state index contributed by atoms with van der Waals surface area (Å²) in [7, 11) is 0. The highest BCUT2D eigenvalue weighted by atomic mass is 19.1. The first-order chi connectivity index (χ1) is 14.5. The molecule has 1 N–H and O–H groups in total. The highest BCUT2D eigenvalue weighted by molar-refractivity contribution is 5.91. The molecule has 3 aromatic rings. The zero-order valence-corrected chi connectivity index (χ0v) is 16.1. The third kappa shape index (κ3) is 2.93. The molecule has 0 spiro atoms. The SMILES string of the molecule is N#Cc1ccc(-c2ccc(OC(=O)c3ccc(O)cc3)c3c2C2CCC3C2)cc1F. The van der Waals surface area contributed by atoms with Gasteiger partial charge >= 0.3 is 5.97 Å². The van der Waals surface area contributed by atoms with E-state index in [1.54, 1.807) is 12.1 Å². The Kier molecular flexibility index (Phi) is 4.29.